The van der Waals surface area contributed by atoms with Gasteiger partial charge in [-0.1, -0.05) is 0 Å². The van der Waals surface area contributed by atoms with Crippen LogP contribution in [0.2, 0.25) is 0 Å². The molecule has 0 aromatic heterocycles. The van der Waals surface area contributed by atoms with Gasteiger partial charge in [0.25, 0.3) is 0 Å². The highest BCUT2D eigenvalue weighted by Crippen LogP contribution is 2.35. The van der Waals surface area contributed by atoms with Crippen molar-refractivity contribution in [2.24, 2.45) is 4.99 Å². The second-order valence-corrected chi connectivity index (χ2v) is 6.08. The first kappa shape index (κ1) is 8.47. The molecule has 1 heterocycles. The van der Waals surface area contributed by atoms with E-state index in [4.69, 9.17) is 0 Å². The van der Waals surface area contributed by atoms with Crippen molar-refractivity contribution in [3.8, 4) is 0 Å². The van der Waals surface area contributed by atoms with Gasteiger partial charge in [0.15, 0.2) is 0 Å². The average molecular weight is 175 g/mol. The predicted molar refractivity (Wildman–Crippen MR) is 52.3 cm³/mol. The van der Waals surface area contributed by atoms with Crippen molar-refractivity contribution in [2.75, 3.05) is 12.8 Å². The van der Waals surface area contributed by atoms with Gasteiger partial charge in [-0.05, 0) is 20.1 Å². The van der Waals surface area contributed by atoms with Crippen molar-refractivity contribution in [3.63, 3.8) is 0 Å². The lowest BCUT2D eigenvalue weighted by Gasteiger charge is -2.27. The average Bonchev–Trinajstić information content (AvgIpc) is 1.86. The number of hydrogen-bond acceptors (Lipinski definition) is 3. The molecular formula is C7H13NS2. The summed E-state index contributed by atoms with van der Waals surface area (Å²) in [6.07, 6.45) is 4.21. The van der Waals surface area contributed by atoms with E-state index in [0.717, 1.165) is 6.54 Å². The van der Waals surface area contributed by atoms with Gasteiger partial charge in [-0.25, -0.2) is 0 Å². The summed E-state index contributed by atoms with van der Waals surface area (Å²) in [5, 5.41) is 0. The van der Waals surface area contributed by atoms with Gasteiger partial charge in [-0.2, -0.15) is 0 Å². The molecule has 0 aliphatic carbocycles. The molecule has 1 atom stereocenters. The number of hydrogen-bond donors (Lipinski definition) is 0. The molecule has 0 aromatic carbocycles. The van der Waals surface area contributed by atoms with Crippen molar-refractivity contribution in [3.05, 3.63) is 0 Å². The summed E-state index contributed by atoms with van der Waals surface area (Å²) >= 11 is 3.90. The molecule has 0 N–H and O–H groups in total. The van der Waals surface area contributed by atoms with Crippen LogP contribution in [0, 0.1) is 0 Å². The Kier molecular flexibility index (Phi) is 2.69. The van der Waals surface area contributed by atoms with Gasteiger partial charge < -0.3 is 0 Å². The lowest BCUT2D eigenvalue weighted by Crippen LogP contribution is -2.26. The van der Waals surface area contributed by atoms with E-state index in [2.05, 4.69) is 31.3 Å². The molecule has 0 saturated heterocycles. The highest BCUT2D eigenvalue weighted by molar-refractivity contribution is 8.17. The molecule has 1 unspecified atom stereocenters. The molecular weight excluding hydrogens is 162 g/mol. The van der Waals surface area contributed by atoms with E-state index in [0.29, 0.717) is 4.58 Å². The highest BCUT2D eigenvalue weighted by atomic mass is 32.2. The van der Waals surface area contributed by atoms with Crippen LogP contribution in [-0.2, 0) is 0 Å². The van der Waals surface area contributed by atoms with Crippen LogP contribution in [-0.4, -0.2) is 28.3 Å². The number of aliphatic imine (C=N–C) groups is 1. The molecule has 0 saturated carbocycles. The van der Waals surface area contributed by atoms with E-state index in [-0.39, 0.29) is 4.75 Å². The minimum absolute atomic E-state index is 0.256. The van der Waals surface area contributed by atoms with Crippen molar-refractivity contribution in [1.29, 1.82) is 0 Å². The third kappa shape index (κ3) is 2.20. The molecule has 1 aliphatic rings. The first-order valence-corrected chi connectivity index (χ1v) is 5.52. The lowest BCUT2D eigenvalue weighted by atomic mass is 10.2. The Labute approximate surface area is 71.1 Å². The Morgan fingerprint density at radius 3 is 2.80 bits per heavy atom. The summed E-state index contributed by atoms with van der Waals surface area (Å²) < 4.78 is 0.923. The topological polar surface area (TPSA) is 12.4 Å². The molecule has 1 rings (SSSR count). The largest absolute Gasteiger partial charge is 0.294 e. The molecule has 0 spiro atoms. The van der Waals surface area contributed by atoms with E-state index in [1.807, 2.05) is 23.5 Å². The maximum absolute atomic E-state index is 4.32. The van der Waals surface area contributed by atoms with Crippen LogP contribution in [0.5, 0.6) is 0 Å². The van der Waals surface area contributed by atoms with Crippen molar-refractivity contribution in [1.82, 2.24) is 0 Å². The first-order valence-electron chi connectivity index (χ1n) is 3.36. The molecule has 0 amide bonds. The van der Waals surface area contributed by atoms with Crippen molar-refractivity contribution < 1.29 is 0 Å². The Morgan fingerprint density at radius 1 is 1.70 bits per heavy atom. The third-order valence-electron chi connectivity index (χ3n) is 1.35. The first-order chi connectivity index (χ1) is 4.64. The van der Waals surface area contributed by atoms with Gasteiger partial charge in [0.1, 0.15) is 0 Å². The van der Waals surface area contributed by atoms with Crippen LogP contribution < -0.4 is 0 Å². The predicted octanol–water partition coefficient (Wildman–Crippen LogP) is 2.27. The van der Waals surface area contributed by atoms with E-state index in [1.54, 1.807) is 0 Å². The fourth-order valence-electron chi connectivity index (χ4n) is 0.888. The fraction of sp³-hybridized carbons (Fsp3) is 0.857. The van der Waals surface area contributed by atoms with Gasteiger partial charge in [-0.15, -0.1) is 23.5 Å². The van der Waals surface area contributed by atoms with E-state index < -0.39 is 0 Å². The van der Waals surface area contributed by atoms with E-state index >= 15 is 0 Å². The summed E-state index contributed by atoms with van der Waals surface area (Å²) in [4.78, 5) is 4.32. The summed E-state index contributed by atoms with van der Waals surface area (Å²) in [6, 6.07) is 0. The second kappa shape index (κ2) is 3.18. The van der Waals surface area contributed by atoms with Gasteiger partial charge >= 0.3 is 0 Å². The zero-order valence-electron chi connectivity index (χ0n) is 6.63. The summed E-state index contributed by atoms with van der Waals surface area (Å²) in [5.41, 5.74) is 0. The normalized spacial score (nSPS) is 30.5. The Bertz CT molecular complexity index is 143. The summed E-state index contributed by atoms with van der Waals surface area (Å²) in [6.45, 7) is 5.41. The summed E-state index contributed by atoms with van der Waals surface area (Å²) in [5.74, 6) is 0. The van der Waals surface area contributed by atoms with Gasteiger partial charge in [0.2, 0.25) is 0 Å². The highest BCUT2D eigenvalue weighted by Gasteiger charge is 2.24. The molecule has 58 valence electrons. The number of rotatable bonds is 1. The Morgan fingerprint density at radius 2 is 2.40 bits per heavy atom. The van der Waals surface area contributed by atoms with Crippen LogP contribution >= 0.6 is 23.5 Å². The number of thioether (sulfide) groups is 2. The van der Waals surface area contributed by atoms with Gasteiger partial charge in [-0.3, -0.25) is 4.99 Å². The monoisotopic (exact) mass is 175 g/mol. The summed E-state index contributed by atoms with van der Waals surface area (Å²) in [7, 11) is 0. The minimum atomic E-state index is 0.256. The Hall–Kier alpha value is 0.370. The maximum Gasteiger partial charge on any atom is 0.0703 e. The molecule has 1 aliphatic heterocycles. The molecule has 0 fully saturated rings. The fourth-order valence-corrected chi connectivity index (χ4v) is 3.23. The standard InChI is InChI=1S/C7H13NS2/c1-7(2)5-8-4-6(9-3)10-7/h5-6H,4H2,1-3H3. The third-order valence-corrected chi connectivity index (χ3v) is 4.02. The lowest BCUT2D eigenvalue weighted by molar-refractivity contribution is 0.922. The van der Waals surface area contributed by atoms with Crippen molar-refractivity contribution >= 4 is 29.7 Å². The molecule has 1 nitrogen and oxygen atoms in total. The maximum atomic E-state index is 4.32. The van der Waals surface area contributed by atoms with Crippen LogP contribution in [0.1, 0.15) is 13.8 Å². The zero-order valence-corrected chi connectivity index (χ0v) is 8.26. The smallest absolute Gasteiger partial charge is 0.0703 e. The van der Waals surface area contributed by atoms with E-state index in [1.165, 1.54) is 0 Å². The van der Waals surface area contributed by atoms with Crippen LogP contribution in [0.3, 0.4) is 0 Å². The Balaban J connectivity index is 2.54. The van der Waals surface area contributed by atoms with Gasteiger partial charge in [0.05, 0.1) is 11.1 Å². The molecule has 0 bridgehead atoms. The van der Waals surface area contributed by atoms with Crippen LogP contribution in [0.4, 0.5) is 0 Å². The van der Waals surface area contributed by atoms with Crippen LogP contribution in [0.25, 0.3) is 0 Å². The molecule has 0 radical (unpaired) electrons. The number of nitrogens with zero attached hydrogens (tertiary/aromatic N) is 1. The second-order valence-electron chi connectivity index (χ2n) is 2.88. The van der Waals surface area contributed by atoms with Crippen molar-refractivity contribution in [2.45, 2.75) is 23.2 Å². The molecule has 10 heavy (non-hydrogen) atoms. The van der Waals surface area contributed by atoms with Gasteiger partial charge in [0, 0.05) is 11.0 Å². The minimum Gasteiger partial charge on any atom is -0.294 e. The SMILES string of the molecule is CSC1CN=CC(C)(C)S1. The quantitative estimate of drug-likeness (QED) is 0.606. The van der Waals surface area contributed by atoms with Crippen LogP contribution in [0.15, 0.2) is 4.99 Å². The molecule has 3 heteroatoms. The van der Waals surface area contributed by atoms with E-state index in [9.17, 15) is 0 Å². The zero-order chi connectivity index (χ0) is 7.61. The molecule has 0 aromatic rings.